The SMILES string of the molecule is Cc1cc(-c2cnc3[nH]cc(-c4ccc(OC5CCN(C(=O)OC(C)(C)C)C5)cc4)c3c2)cc(C)c1N1CCN(C)CC1. The average molecular weight is 582 g/mol. The molecule has 0 spiro atoms. The molecule has 6 rings (SSSR count). The van der Waals surface area contributed by atoms with Gasteiger partial charge in [0.25, 0.3) is 0 Å². The fourth-order valence-corrected chi connectivity index (χ4v) is 6.27. The number of nitrogens with zero attached hydrogens (tertiary/aromatic N) is 4. The van der Waals surface area contributed by atoms with Gasteiger partial charge in [0.1, 0.15) is 23.1 Å². The Morgan fingerprint density at radius 3 is 2.30 bits per heavy atom. The predicted molar refractivity (Wildman–Crippen MR) is 173 cm³/mol. The standard InChI is InChI=1S/C35H43N5O3/c1-23-17-26(18-24(2)32(23)39-15-13-38(6)14-16-39)27-19-30-31(21-37-33(30)36-20-27)25-7-9-28(10-8-25)42-29-11-12-40(22-29)34(41)43-35(3,4)5/h7-10,17-21,29H,11-16,22H2,1-6H3,(H,36,37). The molecule has 1 unspecified atom stereocenters. The molecule has 8 nitrogen and oxygen atoms in total. The average Bonchev–Trinajstić information content (AvgIpc) is 3.60. The molecule has 2 aliphatic rings. The van der Waals surface area contributed by atoms with Gasteiger partial charge in [0, 0.05) is 73.7 Å². The zero-order valence-corrected chi connectivity index (χ0v) is 26.2. The number of pyridine rings is 1. The molecular formula is C35H43N5O3. The van der Waals surface area contributed by atoms with Crippen LogP contribution in [0.1, 0.15) is 38.3 Å². The second-order valence-corrected chi connectivity index (χ2v) is 13.1. The van der Waals surface area contributed by atoms with Gasteiger partial charge in [0.05, 0.1) is 6.54 Å². The smallest absolute Gasteiger partial charge is 0.410 e. The second-order valence-electron chi connectivity index (χ2n) is 13.1. The van der Waals surface area contributed by atoms with Crippen molar-refractivity contribution in [3.8, 4) is 28.0 Å². The van der Waals surface area contributed by atoms with Crippen LogP contribution in [0.15, 0.2) is 54.9 Å². The number of aromatic nitrogens is 2. The highest BCUT2D eigenvalue weighted by atomic mass is 16.6. The first-order valence-electron chi connectivity index (χ1n) is 15.3. The van der Waals surface area contributed by atoms with Gasteiger partial charge in [-0.2, -0.15) is 0 Å². The van der Waals surface area contributed by atoms with Gasteiger partial charge in [0.2, 0.25) is 0 Å². The van der Waals surface area contributed by atoms with Crippen molar-refractivity contribution in [1.29, 1.82) is 0 Å². The molecule has 2 aliphatic heterocycles. The van der Waals surface area contributed by atoms with Gasteiger partial charge in [-0.25, -0.2) is 9.78 Å². The van der Waals surface area contributed by atoms with Crippen molar-refractivity contribution in [3.05, 3.63) is 66.0 Å². The maximum atomic E-state index is 12.4. The van der Waals surface area contributed by atoms with Crippen LogP contribution in [0.2, 0.25) is 0 Å². The maximum Gasteiger partial charge on any atom is 0.410 e. The molecule has 0 bridgehead atoms. The largest absolute Gasteiger partial charge is 0.489 e. The Kier molecular flexibility index (Phi) is 7.81. The minimum Gasteiger partial charge on any atom is -0.489 e. The third-order valence-corrected chi connectivity index (χ3v) is 8.44. The number of amides is 1. The van der Waals surface area contributed by atoms with Gasteiger partial charge in [-0.3, -0.25) is 0 Å². The van der Waals surface area contributed by atoms with Crippen molar-refractivity contribution >= 4 is 22.8 Å². The number of ether oxygens (including phenoxy) is 2. The van der Waals surface area contributed by atoms with E-state index in [9.17, 15) is 4.79 Å². The Bertz CT molecular complexity index is 1590. The molecule has 43 heavy (non-hydrogen) atoms. The monoisotopic (exact) mass is 581 g/mol. The lowest BCUT2D eigenvalue weighted by atomic mass is 9.97. The van der Waals surface area contributed by atoms with E-state index in [1.807, 2.05) is 45.3 Å². The zero-order chi connectivity index (χ0) is 30.3. The molecule has 0 radical (unpaired) electrons. The Labute approximate surface area is 254 Å². The lowest BCUT2D eigenvalue weighted by molar-refractivity contribution is 0.0275. The number of anilines is 1. The van der Waals surface area contributed by atoms with Crippen LogP contribution in [0.5, 0.6) is 5.75 Å². The molecule has 2 fully saturated rings. The van der Waals surface area contributed by atoms with Crippen molar-refractivity contribution in [2.24, 2.45) is 0 Å². The lowest BCUT2D eigenvalue weighted by Crippen LogP contribution is -2.45. The van der Waals surface area contributed by atoms with E-state index in [-0.39, 0.29) is 12.2 Å². The van der Waals surface area contributed by atoms with E-state index in [4.69, 9.17) is 14.5 Å². The third kappa shape index (κ3) is 6.34. The molecule has 1 N–H and O–H groups in total. The maximum absolute atomic E-state index is 12.4. The highest BCUT2D eigenvalue weighted by molar-refractivity contribution is 5.96. The van der Waals surface area contributed by atoms with Gasteiger partial charge < -0.3 is 29.2 Å². The summed E-state index contributed by atoms with van der Waals surface area (Å²) in [7, 11) is 2.19. The van der Waals surface area contributed by atoms with Gasteiger partial charge >= 0.3 is 6.09 Å². The fraction of sp³-hybridized carbons (Fsp3) is 0.429. The molecule has 0 aliphatic carbocycles. The number of hydrogen-bond donors (Lipinski definition) is 1. The molecular weight excluding hydrogens is 538 g/mol. The summed E-state index contributed by atoms with van der Waals surface area (Å²) in [5.74, 6) is 0.796. The molecule has 2 aromatic carbocycles. The molecule has 226 valence electrons. The van der Waals surface area contributed by atoms with Crippen molar-refractivity contribution in [2.75, 3.05) is 51.2 Å². The summed E-state index contributed by atoms with van der Waals surface area (Å²) in [4.78, 5) is 27.2. The number of likely N-dealkylation sites (N-methyl/N-ethyl adjacent to an activating group) is 1. The van der Waals surface area contributed by atoms with E-state index in [1.165, 1.54) is 22.4 Å². The Hall–Kier alpha value is -4.04. The summed E-state index contributed by atoms with van der Waals surface area (Å²) >= 11 is 0. The summed E-state index contributed by atoms with van der Waals surface area (Å²) in [5.41, 5.74) is 8.85. The van der Waals surface area contributed by atoms with Crippen LogP contribution in [-0.4, -0.2) is 83.9 Å². The first-order valence-corrected chi connectivity index (χ1v) is 15.3. The number of carbonyl (C=O) groups excluding carboxylic acids is 1. The summed E-state index contributed by atoms with van der Waals surface area (Å²) in [6, 6.07) is 15.0. The number of aromatic amines is 1. The number of H-pyrrole nitrogens is 1. The minimum atomic E-state index is -0.502. The number of likely N-dealkylation sites (tertiary alicyclic amines) is 1. The summed E-state index contributed by atoms with van der Waals surface area (Å²) in [5, 5.41) is 1.09. The van der Waals surface area contributed by atoms with E-state index >= 15 is 0 Å². The molecule has 0 saturated carbocycles. The predicted octanol–water partition coefficient (Wildman–Crippen LogP) is 6.65. The van der Waals surface area contributed by atoms with Crippen LogP contribution in [0, 0.1) is 13.8 Å². The molecule has 2 aromatic heterocycles. The zero-order valence-electron chi connectivity index (χ0n) is 26.2. The van der Waals surface area contributed by atoms with E-state index in [0.717, 1.165) is 66.1 Å². The summed E-state index contributed by atoms with van der Waals surface area (Å²) in [6.45, 7) is 15.6. The number of rotatable bonds is 5. The van der Waals surface area contributed by atoms with Crippen LogP contribution in [0.25, 0.3) is 33.3 Å². The van der Waals surface area contributed by atoms with Crippen molar-refractivity contribution in [1.82, 2.24) is 19.8 Å². The molecule has 4 heterocycles. The number of piperazine rings is 1. The van der Waals surface area contributed by atoms with Crippen LogP contribution < -0.4 is 9.64 Å². The minimum absolute atomic E-state index is 0.0484. The molecule has 8 heteroatoms. The van der Waals surface area contributed by atoms with E-state index < -0.39 is 5.60 Å². The van der Waals surface area contributed by atoms with Crippen LogP contribution in [0.4, 0.5) is 10.5 Å². The quantitative estimate of drug-likeness (QED) is 0.284. The highest BCUT2D eigenvalue weighted by Crippen LogP contribution is 2.35. The molecule has 2 saturated heterocycles. The first kappa shape index (κ1) is 29.1. The van der Waals surface area contributed by atoms with E-state index in [1.54, 1.807) is 4.90 Å². The van der Waals surface area contributed by atoms with Gasteiger partial charge in [0.15, 0.2) is 0 Å². The van der Waals surface area contributed by atoms with Gasteiger partial charge in [-0.05, 0) is 94.3 Å². The third-order valence-electron chi connectivity index (χ3n) is 8.44. The Morgan fingerprint density at radius 1 is 0.930 bits per heavy atom. The molecule has 1 amide bonds. The molecule has 1 atom stereocenters. The highest BCUT2D eigenvalue weighted by Gasteiger charge is 2.31. The number of fused-ring (bicyclic) bond motifs is 1. The number of carbonyl (C=O) groups is 1. The van der Waals surface area contributed by atoms with Crippen molar-refractivity contribution in [3.63, 3.8) is 0 Å². The van der Waals surface area contributed by atoms with Gasteiger partial charge in [-0.1, -0.05) is 12.1 Å². The van der Waals surface area contributed by atoms with Crippen LogP contribution in [0.3, 0.4) is 0 Å². The summed E-state index contributed by atoms with van der Waals surface area (Å²) < 4.78 is 11.7. The lowest BCUT2D eigenvalue weighted by Gasteiger charge is -2.36. The van der Waals surface area contributed by atoms with Crippen molar-refractivity contribution in [2.45, 2.75) is 52.7 Å². The van der Waals surface area contributed by atoms with E-state index in [0.29, 0.717) is 13.1 Å². The number of hydrogen-bond acceptors (Lipinski definition) is 6. The Balaban J connectivity index is 1.17. The number of aryl methyl sites for hydroxylation is 2. The number of benzene rings is 2. The second kappa shape index (κ2) is 11.6. The molecule has 4 aromatic rings. The van der Waals surface area contributed by atoms with E-state index in [2.05, 4.69) is 66.0 Å². The Morgan fingerprint density at radius 2 is 1.63 bits per heavy atom. The normalized spacial score (nSPS) is 18.0. The first-order chi connectivity index (χ1) is 20.5. The fourth-order valence-electron chi connectivity index (χ4n) is 6.27. The van der Waals surface area contributed by atoms with Crippen molar-refractivity contribution < 1.29 is 14.3 Å². The van der Waals surface area contributed by atoms with Gasteiger partial charge in [-0.15, -0.1) is 0 Å². The van der Waals surface area contributed by atoms with Crippen LogP contribution >= 0.6 is 0 Å². The number of nitrogens with one attached hydrogen (secondary N) is 1. The summed E-state index contributed by atoms with van der Waals surface area (Å²) in [6.07, 6.45) is 4.45. The topological polar surface area (TPSA) is 73.9 Å². The van der Waals surface area contributed by atoms with Crippen LogP contribution in [-0.2, 0) is 4.74 Å².